The average molecular weight is 420 g/mol. The van der Waals surface area contributed by atoms with Crippen LogP contribution in [0.4, 0.5) is 10.5 Å². The van der Waals surface area contributed by atoms with Gasteiger partial charge in [0.05, 0.1) is 16.8 Å². The number of carbonyl (C=O) groups is 2. The Labute approximate surface area is 177 Å². The van der Waals surface area contributed by atoms with Crippen molar-refractivity contribution in [3.05, 3.63) is 72.5 Å². The predicted octanol–water partition coefficient (Wildman–Crippen LogP) is 4.38. The summed E-state index contributed by atoms with van der Waals surface area (Å²) in [5.41, 5.74) is 1.58. The van der Waals surface area contributed by atoms with Gasteiger partial charge in [-0.2, -0.15) is 0 Å². The van der Waals surface area contributed by atoms with Crippen molar-refractivity contribution in [1.82, 2.24) is 15.6 Å². The highest BCUT2D eigenvalue weighted by Crippen LogP contribution is 2.31. The van der Waals surface area contributed by atoms with E-state index in [4.69, 9.17) is 4.42 Å². The first-order valence-electron chi connectivity index (χ1n) is 9.43. The summed E-state index contributed by atoms with van der Waals surface area (Å²) in [6.07, 6.45) is 0. The molecule has 0 bridgehead atoms. The van der Waals surface area contributed by atoms with E-state index in [0.29, 0.717) is 17.2 Å². The van der Waals surface area contributed by atoms with Crippen molar-refractivity contribution in [1.29, 1.82) is 0 Å². The predicted molar refractivity (Wildman–Crippen MR) is 117 cm³/mol. The number of anilines is 1. The van der Waals surface area contributed by atoms with E-state index < -0.39 is 12.1 Å². The molecule has 152 valence electrons. The van der Waals surface area contributed by atoms with Crippen LogP contribution in [-0.2, 0) is 11.3 Å². The third-order valence-corrected chi connectivity index (χ3v) is 5.43. The van der Waals surface area contributed by atoms with Crippen LogP contribution in [0.1, 0.15) is 12.7 Å². The second-order valence-electron chi connectivity index (χ2n) is 6.66. The summed E-state index contributed by atoms with van der Waals surface area (Å²) in [6.45, 7) is 1.84. The summed E-state index contributed by atoms with van der Waals surface area (Å²) in [7, 11) is 0. The van der Waals surface area contributed by atoms with Crippen LogP contribution in [-0.4, -0.2) is 23.0 Å². The normalized spacial score (nSPS) is 11.8. The number of para-hydroxylation sites is 2. The fraction of sp³-hybridized carbons (Fsp3) is 0.136. The number of amides is 3. The maximum Gasteiger partial charge on any atom is 0.319 e. The minimum absolute atomic E-state index is 0.218. The third-order valence-electron chi connectivity index (χ3n) is 4.38. The van der Waals surface area contributed by atoms with Crippen molar-refractivity contribution in [3.8, 4) is 10.8 Å². The number of nitrogens with one attached hydrogen (secondary N) is 3. The molecule has 0 aliphatic carbocycles. The molecule has 1 atom stereocenters. The Hall–Kier alpha value is -3.65. The number of benzene rings is 2. The van der Waals surface area contributed by atoms with Crippen LogP contribution in [0, 0.1) is 0 Å². The van der Waals surface area contributed by atoms with Crippen LogP contribution in [0.15, 0.2) is 71.1 Å². The topological polar surface area (TPSA) is 96.3 Å². The molecule has 2 aromatic heterocycles. The number of fused-ring (bicyclic) bond motifs is 1. The number of aromatic nitrogens is 1. The van der Waals surface area contributed by atoms with E-state index in [2.05, 4.69) is 20.9 Å². The molecule has 0 saturated heterocycles. The molecule has 0 aliphatic rings. The lowest BCUT2D eigenvalue weighted by Crippen LogP contribution is -2.46. The van der Waals surface area contributed by atoms with Gasteiger partial charge in [0.25, 0.3) is 0 Å². The molecule has 0 spiro atoms. The Kier molecular flexibility index (Phi) is 5.76. The van der Waals surface area contributed by atoms with E-state index in [1.807, 2.05) is 54.6 Å². The fourth-order valence-corrected chi connectivity index (χ4v) is 3.77. The van der Waals surface area contributed by atoms with E-state index in [0.717, 1.165) is 15.2 Å². The number of carbonyl (C=O) groups excluding carboxylic acids is 2. The van der Waals surface area contributed by atoms with Crippen LogP contribution in [0.5, 0.6) is 0 Å². The summed E-state index contributed by atoms with van der Waals surface area (Å²) < 4.78 is 6.91. The van der Waals surface area contributed by atoms with Crippen molar-refractivity contribution < 1.29 is 14.0 Å². The summed E-state index contributed by atoms with van der Waals surface area (Å²) in [6, 6.07) is 19.4. The zero-order chi connectivity index (χ0) is 20.9. The van der Waals surface area contributed by atoms with Crippen LogP contribution < -0.4 is 16.0 Å². The Bertz CT molecular complexity index is 1140. The first kappa shape index (κ1) is 19.7. The Balaban J connectivity index is 1.30. The van der Waals surface area contributed by atoms with Gasteiger partial charge in [-0.3, -0.25) is 4.79 Å². The molecule has 4 aromatic rings. The third kappa shape index (κ3) is 4.66. The van der Waals surface area contributed by atoms with Crippen LogP contribution >= 0.6 is 11.3 Å². The molecule has 3 N–H and O–H groups in total. The second kappa shape index (κ2) is 8.79. The van der Waals surface area contributed by atoms with Crippen molar-refractivity contribution in [2.24, 2.45) is 0 Å². The lowest BCUT2D eigenvalue weighted by Gasteiger charge is -2.14. The average Bonchev–Trinajstić information content (AvgIpc) is 3.39. The molecule has 3 amide bonds. The zero-order valence-corrected chi connectivity index (χ0v) is 17.0. The number of rotatable bonds is 6. The summed E-state index contributed by atoms with van der Waals surface area (Å²) >= 11 is 1.55. The van der Waals surface area contributed by atoms with Crippen molar-refractivity contribution >= 4 is 39.2 Å². The molecule has 0 aliphatic heterocycles. The molecular weight excluding hydrogens is 400 g/mol. The number of urea groups is 1. The van der Waals surface area contributed by atoms with Crippen molar-refractivity contribution in [3.63, 3.8) is 0 Å². The van der Waals surface area contributed by atoms with Crippen molar-refractivity contribution in [2.45, 2.75) is 19.5 Å². The molecular formula is C22H20N4O3S. The molecule has 1 unspecified atom stereocenters. The van der Waals surface area contributed by atoms with Gasteiger partial charge in [0.15, 0.2) is 10.8 Å². The van der Waals surface area contributed by atoms with Crippen LogP contribution in [0.3, 0.4) is 0 Å². The standard InChI is InChI=1S/C22H20N4O3S/c1-14(24-22(28)25-15-7-3-2-4-8-15)20(27)23-13-16-11-12-18(29-16)21-26-17-9-5-6-10-19(17)30-21/h2-12,14H,13H2,1H3,(H,23,27)(H2,24,25,28). The minimum atomic E-state index is -0.701. The maximum absolute atomic E-state index is 12.3. The number of furan rings is 1. The van der Waals surface area contributed by atoms with E-state index in [1.54, 1.807) is 30.4 Å². The van der Waals surface area contributed by atoms with Gasteiger partial charge in [-0.25, -0.2) is 9.78 Å². The molecule has 0 radical (unpaired) electrons. The zero-order valence-electron chi connectivity index (χ0n) is 16.2. The van der Waals surface area contributed by atoms with Crippen LogP contribution in [0.25, 0.3) is 21.0 Å². The first-order valence-corrected chi connectivity index (χ1v) is 10.2. The Morgan fingerprint density at radius 1 is 1.03 bits per heavy atom. The molecule has 4 rings (SSSR count). The van der Waals surface area contributed by atoms with E-state index >= 15 is 0 Å². The van der Waals surface area contributed by atoms with Crippen LogP contribution in [0.2, 0.25) is 0 Å². The van der Waals surface area contributed by atoms with Gasteiger partial charge >= 0.3 is 6.03 Å². The maximum atomic E-state index is 12.3. The lowest BCUT2D eigenvalue weighted by molar-refractivity contribution is -0.122. The molecule has 0 saturated carbocycles. The quantitative estimate of drug-likeness (QED) is 0.431. The Morgan fingerprint density at radius 2 is 1.80 bits per heavy atom. The molecule has 7 nitrogen and oxygen atoms in total. The van der Waals surface area contributed by atoms with Gasteiger partial charge in [-0.15, -0.1) is 11.3 Å². The summed E-state index contributed by atoms with van der Waals surface area (Å²) in [5.74, 6) is 0.962. The van der Waals surface area contributed by atoms with Crippen molar-refractivity contribution in [2.75, 3.05) is 5.32 Å². The number of nitrogens with zero attached hydrogens (tertiary/aromatic N) is 1. The minimum Gasteiger partial charge on any atom is -0.457 e. The summed E-state index contributed by atoms with van der Waals surface area (Å²) in [4.78, 5) is 28.9. The molecule has 30 heavy (non-hydrogen) atoms. The number of hydrogen-bond acceptors (Lipinski definition) is 5. The largest absolute Gasteiger partial charge is 0.457 e. The smallest absolute Gasteiger partial charge is 0.319 e. The molecule has 2 heterocycles. The summed E-state index contributed by atoms with van der Waals surface area (Å²) in [5, 5.41) is 8.85. The van der Waals surface area contributed by atoms with Gasteiger partial charge in [0, 0.05) is 5.69 Å². The van der Waals surface area contributed by atoms with E-state index in [9.17, 15) is 9.59 Å². The fourth-order valence-electron chi connectivity index (χ4n) is 2.84. The highest BCUT2D eigenvalue weighted by Gasteiger charge is 2.16. The van der Waals surface area contributed by atoms with E-state index in [1.165, 1.54) is 0 Å². The number of hydrogen-bond donors (Lipinski definition) is 3. The Morgan fingerprint density at radius 3 is 2.60 bits per heavy atom. The highest BCUT2D eigenvalue weighted by molar-refractivity contribution is 7.21. The van der Waals surface area contributed by atoms with Gasteiger partial charge in [0.1, 0.15) is 11.8 Å². The lowest BCUT2D eigenvalue weighted by atomic mass is 10.3. The molecule has 8 heteroatoms. The highest BCUT2D eigenvalue weighted by atomic mass is 32.1. The number of thiazole rings is 1. The monoisotopic (exact) mass is 420 g/mol. The first-order chi connectivity index (χ1) is 14.6. The van der Waals surface area contributed by atoms with Gasteiger partial charge in [-0.05, 0) is 43.3 Å². The van der Waals surface area contributed by atoms with Gasteiger partial charge < -0.3 is 20.4 Å². The van der Waals surface area contributed by atoms with Gasteiger partial charge in [0.2, 0.25) is 5.91 Å². The second-order valence-corrected chi connectivity index (χ2v) is 7.69. The molecule has 2 aromatic carbocycles. The SMILES string of the molecule is CC(NC(=O)Nc1ccccc1)C(=O)NCc1ccc(-c2nc3ccccc3s2)o1. The molecule has 0 fully saturated rings. The van der Waals surface area contributed by atoms with Gasteiger partial charge in [-0.1, -0.05) is 30.3 Å². The van der Waals surface area contributed by atoms with E-state index in [-0.39, 0.29) is 12.5 Å².